The second-order valence-electron chi connectivity index (χ2n) is 5.32. The lowest BCUT2D eigenvalue weighted by atomic mass is 10.4. The van der Waals surface area contributed by atoms with Crippen molar-refractivity contribution < 1.29 is 0 Å². The Bertz CT molecular complexity index is 550. The molecule has 0 bridgehead atoms. The maximum atomic E-state index is 4.47. The van der Waals surface area contributed by atoms with Gasteiger partial charge in [-0.1, -0.05) is 0 Å². The third-order valence-electron chi connectivity index (χ3n) is 3.54. The number of nitrogens with one attached hydrogen (secondary N) is 1. The Balaban J connectivity index is 1.48. The molecule has 1 N–H and O–H groups in total. The summed E-state index contributed by atoms with van der Waals surface area (Å²) in [6.07, 6.45) is 7.58. The van der Waals surface area contributed by atoms with E-state index in [1.165, 1.54) is 18.5 Å². The van der Waals surface area contributed by atoms with Crippen molar-refractivity contribution in [3.8, 4) is 0 Å². The molecule has 1 fully saturated rings. The van der Waals surface area contributed by atoms with Crippen molar-refractivity contribution in [3.05, 3.63) is 29.8 Å². The predicted octanol–water partition coefficient (Wildman–Crippen LogP) is 2.53. The third-order valence-corrected chi connectivity index (χ3v) is 3.54. The van der Waals surface area contributed by atoms with Gasteiger partial charge < -0.3 is 9.88 Å². The van der Waals surface area contributed by atoms with Gasteiger partial charge in [-0.05, 0) is 39.2 Å². The van der Waals surface area contributed by atoms with Gasteiger partial charge in [0.15, 0.2) is 0 Å². The minimum atomic E-state index is 0.681. The lowest BCUT2D eigenvalue weighted by Crippen LogP contribution is -2.11. The Hall–Kier alpha value is -1.78. The Kier molecular flexibility index (Phi) is 3.27. The molecule has 0 spiro atoms. The molecule has 0 saturated heterocycles. The van der Waals surface area contributed by atoms with Crippen LogP contribution in [0.1, 0.15) is 36.7 Å². The van der Waals surface area contributed by atoms with Crippen molar-refractivity contribution in [1.82, 2.24) is 19.3 Å². The molecule has 1 aliphatic carbocycles. The van der Waals surface area contributed by atoms with E-state index in [2.05, 4.69) is 43.8 Å². The third kappa shape index (κ3) is 2.80. The number of aromatic nitrogens is 4. The summed E-state index contributed by atoms with van der Waals surface area (Å²) in [5.41, 5.74) is 2.33. The summed E-state index contributed by atoms with van der Waals surface area (Å²) < 4.78 is 4.33. The van der Waals surface area contributed by atoms with Crippen LogP contribution in [0, 0.1) is 13.8 Å². The maximum absolute atomic E-state index is 4.47. The van der Waals surface area contributed by atoms with Crippen LogP contribution in [0.5, 0.6) is 0 Å². The van der Waals surface area contributed by atoms with E-state index in [4.69, 9.17) is 0 Å². The Labute approximate surface area is 113 Å². The first-order valence-electron chi connectivity index (χ1n) is 7.02. The average molecular weight is 259 g/mol. The zero-order chi connectivity index (χ0) is 13.2. The van der Waals surface area contributed by atoms with E-state index in [-0.39, 0.29) is 0 Å². The van der Waals surface area contributed by atoms with Crippen molar-refractivity contribution in [2.45, 2.75) is 45.7 Å². The standard InChI is InChI=1S/C14H21N5/c1-11-10-12(2)19(17-11)8-3-6-15-14-16-7-9-18(14)13-4-5-13/h7,9-10,13H,3-6,8H2,1-2H3,(H,15,16). The molecule has 0 unspecified atom stereocenters. The van der Waals surface area contributed by atoms with Crippen molar-refractivity contribution in [3.63, 3.8) is 0 Å². The molecule has 1 saturated carbocycles. The molecular weight excluding hydrogens is 238 g/mol. The lowest BCUT2D eigenvalue weighted by Gasteiger charge is -2.09. The van der Waals surface area contributed by atoms with E-state index < -0.39 is 0 Å². The number of nitrogens with zero attached hydrogens (tertiary/aromatic N) is 4. The molecule has 0 amide bonds. The van der Waals surface area contributed by atoms with Gasteiger partial charge in [0.25, 0.3) is 0 Å². The van der Waals surface area contributed by atoms with E-state index in [0.717, 1.165) is 31.2 Å². The van der Waals surface area contributed by atoms with Gasteiger partial charge in [0, 0.05) is 37.2 Å². The van der Waals surface area contributed by atoms with Gasteiger partial charge in [-0.3, -0.25) is 4.68 Å². The Morgan fingerprint density at radius 1 is 1.37 bits per heavy atom. The molecule has 19 heavy (non-hydrogen) atoms. The quantitative estimate of drug-likeness (QED) is 0.811. The van der Waals surface area contributed by atoms with Crippen LogP contribution in [-0.4, -0.2) is 25.9 Å². The zero-order valence-corrected chi connectivity index (χ0v) is 11.6. The average Bonchev–Trinajstić information content (AvgIpc) is 3.03. The predicted molar refractivity (Wildman–Crippen MR) is 75.3 cm³/mol. The zero-order valence-electron chi connectivity index (χ0n) is 11.6. The summed E-state index contributed by atoms with van der Waals surface area (Å²) >= 11 is 0. The van der Waals surface area contributed by atoms with E-state index >= 15 is 0 Å². The largest absolute Gasteiger partial charge is 0.356 e. The summed E-state index contributed by atoms with van der Waals surface area (Å²) in [5, 5.41) is 7.89. The highest BCUT2D eigenvalue weighted by atomic mass is 15.3. The second-order valence-corrected chi connectivity index (χ2v) is 5.32. The highest BCUT2D eigenvalue weighted by molar-refractivity contribution is 5.27. The van der Waals surface area contributed by atoms with Crippen LogP contribution in [0.25, 0.3) is 0 Å². The van der Waals surface area contributed by atoms with Gasteiger partial charge in [-0.15, -0.1) is 0 Å². The van der Waals surface area contributed by atoms with Gasteiger partial charge in [-0.2, -0.15) is 5.10 Å². The first-order chi connectivity index (χ1) is 9.24. The second kappa shape index (κ2) is 5.07. The first kappa shape index (κ1) is 12.3. The molecule has 0 aliphatic heterocycles. The fraction of sp³-hybridized carbons (Fsp3) is 0.571. The number of aryl methyl sites for hydroxylation is 3. The van der Waals surface area contributed by atoms with Crippen LogP contribution in [-0.2, 0) is 6.54 Å². The lowest BCUT2D eigenvalue weighted by molar-refractivity contribution is 0.572. The van der Waals surface area contributed by atoms with Crippen LogP contribution in [0.4, 0.5) is 5.95 Å². The first-order valence-corrected chi connectivity index (χ1v) is 7.02. The fourth-order valence-electron chi connectivity index (χ4n) is 2.43. The number of rotatable bonds is 6. The Morgan fingerprint density at radius 3 is 2.89 bits per heavy atom. The molecule has 2 aromatic rings. The summed E-state index contributed by atoms with van der Waals surface area (Å²) in [4.78, 5) is 4.37. The molecule has 5 nitrogen and oxygen atoms in total. The summed E-state index contributed by atoms with van der Waals surface area (Å²) in [6, 6.07) is 2.80. The minimum absolute atomic E-state index is 0.681. The van der Waals surface area contributed by atoms with Crippen LogP contribution in [0.15, 0.2) is 18.5 Å². The van der Waals surface area contributed by atoms with Gasteiger partial charge in [0.05, 0.1) is 5.69 Å². The van der Waals surface area contributed by atoms with Crippen LogP contribution >= 0.6 is 0 Å². The van der Waals surface area contributed by atoms with E-state index in [0.29, 0.717) is 6.04 Å². The molecule has 0 atom stereocenters. The van der Waals surface area contributed by atoms with Gasteiger partial charge in [0.2, 0.25) is 5.95 Å². The van der Waals surface area contributed by atoms with E-state index in [1.807, 2.05) is 13.1 Å². The molecule has 102 valence electrons. The SMILES string of the molecule is Cc1cc(C)n(CCCNc2nccn2C2CC2)n1. The molecule has 2 aromatic heterocycles. The van der Waals surface area contributed by atoms with Crippen molar-refractivity contribution >= 4 is 5.95 Å². The molecule has 0 aromatic carbocycles. The minimum Gasteiger partial charge on any atom is -0.356 e. The molecule has 3 rings (SSSR count). The van der Waals surface area contributed by atoms with Crippen molar-refractivity contribution in [2.24, 2.45) is 0 Å². The van der Waals surface area contributed by atoms with Crippen LogP contribution in [0.3, 0.4) is 0 Å². The van der Waals surface area contributed by atoms with Crippen LogP contribution in [0.2, 0.25) is 0 Å². The highest BCUT2D eigenvalue weighted by Gasteiger charge is 2.25. The van der Waals surface area contributed by atoms with Crippen LogP contribution < -0.4 is 5.32 Å². The normalized spacial score (nSPS) is 14.8. The van der Waals surface area contributed by atoms with Crippen molar-refractivity contribution in [1.29, 1.82) is 0 Å². The number of anilines is 1. The smallest absolute Gasteiger partial charge is 0.203 e. The van der Waals surface area contributed by atoms with Gasteiger partial charge in [-0.25, -0.2) is 4.98 Å². The monoisotopic (exact) mass is 259 g/mol. The number of hydrogen-bond donors (Lipinski definition) is 1. The topological polar surface area (TPSA) is 47.7 Å². The van der Waals surface area contributed by atoms with Gasteiger partial charge in [0.1, 0.15) is 0 Å². The molecule has 2 heterocycles. The van der Waals surface area contributed by atoms with E-state index in [1.54, 1.807) is 0 Å². The molecular formula is C14H21N5. The Morgan fingerprint density at radius 2 is 2.21 bits per heavy atom. The van der Waals surface area contributed by atoms with Crippen molar-refractivity contribution in [2.75, 3.05) is 11.9 Å². The van der Waals surface area contributed by atoms with E-state index in [9.17, 15) is 0 Å². The van der Waals surface area contributed by atoms with Gasteiger partial charge >= 0.3 is 0 Å². The number of imidazole rings is 1. The molecule has 5 heteroatoms. The maximum Gasteiger partial charge on any atom is 0.203 e. The molecule has 0 radical (unpaired) electrons. The number of hydrogen-bond acceptors (Lipinski definition) is 3. The summed E-state index contributed by atoms with van der Waals surface area (Å²) in [6.45, 7) is 6.03. The summed E-state index contributed by atoms with van der Waals surface area (Å²) in [5.74, 6) is 1.01. The summed E-state index contributed by atoms with van der Waals surface area (Å²) in [7, 11) is 0. The highest BCUT2D eigenvalue weighted by Crippen LogP contribution is 2.36. The molecule has 1 aliphatic rings. The fourth-order valence-corrected chi connectivity index (χ4v) is 2.43.